The Kier molecular flexibility index (Phi) is 3.37. The highest BCUT2D eigenvalue weighted by Crippen LogP contribution is 2.69. The normalized spacial score (nSPS) is 23.2. The fraction of sp³-hybridized carbons (Fsp3) is 0.300. The Balaban J connectivity index is 2.24. The third kappa shape index (κ3) is 2.16. The number of benzene rings is 1. The molecule has 1 fully saturated rings. The lowest BCUT2D eigenvalue weighted by Crippen LogP contribution is -2.46. The fourth-order valence-corrected chi connectivity index (χ4v) is 3.87. The topological polar surface area (TPSA) is 76.0 Å². The number of thiol groups is 1. The quantitative estimate of drug-likeness (QED) is 0.574. The zero-order valence-corrected chi connectivity index (χ0v) is 10.5. The minimum absolute atomic E-state index is 0.0156. The molecule has 0 bridgehead atoms. The van der Waals surface area contributed by atoms with Crippen molar-refractivity contribution in [1.82, 2.24) is 0 Å². The van der Waals surface area contributed by atoms with Gasteiger partial charge in [0.2, 0.25) is 0 Å². The molecular formula is C10H12O5S2. The maximum absolute atomic E-state index is 11.0. The van der Waals surface area contributed by atoms with Gasteiger partial charge in [0.05, 0.1) is 5.75 Å². The first-order valence-electron chi connectivity index (χ1n) is 4.79. The molecule has 94 valence electrons. The summed E-state index contributed by atoms with van der Waals surface area (Å²) in [5.74, 6) is -1.27. The van der Waals surface area contributed by atoms with Crippen LogP contribution in [0.1, 0.15) is 5.56 Å². The lowest BCUT2D eigenvalue weighted by atomic mass is 10.2. The first-order valence-corrected chi connectivity index (χ1v) is 6.89. The van der Waals surface area contributed by atoms with E-state index in [4.69, 9.17) is 13.5 Å². The maximum Gasteiger partial charge on any atom is 0.367 e. The predicted octanol–water partition coefficient (Wildman–Crippen LogP) is 1.49. The molecule has 1 atom stereocenters. The van der Waals surface area contributed by atoms with Crippen molar-refractivity contribution in [2.24, 2.45) is 0 Å². The minimum atomic E-state index is -2.61. The average Bonchev–Trinajstić information content (AvgIpc) is 2.24. The Morgan fingerprint density at radius 2 is 2.00 bits per heavy atom. The predicted molar refractivity (Wildman–Crippen MR) is 66.3 cm³/mol. The largest absolute Gasteiger partial charge is 0.477 e. The van der Waals surface area contributed by atoms with Crippen LogP contribution < -0.4 is 0 Å². The summed E-state index contributed by atoms with van der Waals surface area (Å²) in [6.07, 6.45) is 0. The standard InChI is InChI=1S/C10H12O5S2/c11-9(12)10(13,16)17(14-7-15-17)6-8-4-2-1-3-5-8/h1-5,13,16H,6-7H2,(H,11,12). The average molecular weight is 276 g/mol. The van der Waals surface area contributed by atoms with E-state index in [1.54, 1.807) is 0 Å². The molecular weight excluding hydrogens is 264 g/mol. The molecule has 0 aliphatic carbocycles. The van der Waals surface area contributed by atoms with Crippen LogP contribution in [0.15, 0.2) is 30.3 Å². The van der Waals surface area contributed by atoms with Gasteiger partial charge in [-0.2, -0.15) is 0 Å². The molecule has 17 heavy (non-hydrogen) atoms. The number of carbonyl (C=O) groups is 1. The zero-order valence-electron chi connectivity index (χ0n) is 8.78. The molecule has 1 aliphatic rings. The molecule has 0 aromatic heterocycles. The monoisotopic (exact) mass is 276 g/mol. The Bertz CT molecular complexity index is 416. The Morgan fingerprint density at radius 1 is 1.41 bits per heavy atom. The minimum Gasteiger partial charge on any atom is -0.477 e. The van der Waals surface area contributed by atoms with E-state index in [-0.39, 0.29) is 12.5 Å². The number of hydrogen-bond acceptors (Lipinski definition) is 5. The highest BCUT2D eigenvalue weighted by atomic mass is 32.3. The van der Waals surface area contributed by atoms with Crippen molar-refractivity contribution in [3.8, 4) is 0 Å². The van der Waals surface area contributed by atoms with Crippen LogP contribution in [0.2, 0.25) is 0 Å². The molecule has 0 amide bonds. The first-order chi connectivity index (χ1) is 7.98. The molecule has 0 spiro atoms. The molecule has 2 rings (SSSR count). The van der Waals surface area contributed by atoms with Gasteiger partial charge in [-0.3, -0.25) is 0 Å². The van der Waals surface area contributed by atoms with Gasteiger partial charge in [-0.1, -0.05) is 30.3 Å². The molecule has 7 heteroatoms. The van der Waals surface area contributed by atoms with Crippen molar-refractivity contribution < 1.29 is 23.4 Å². The van der Waals surface area contributed by atoms with E-state index >= 15 is 0 Å². The number of aliphatic carboxylic acids is 1. The lowest BCUT2D eigenvalue weighted by molar-refractivity contribution is -0.145. The summed E-state index contributed by atoms with van der Waals surface area (Å²) in [5, 5.41) is 18.8. The van der Waals surface area contributed by atoms with Crippen LogP contribution in [-0.2, 0) is 18.9 Å². The smallest absolute Gasteiger partial charge is 0.367 e. The molecule has 1 unspecified atom stereocenters. The summed E-state index contributed by atoms with van der Waals surface area (Å²) in [6.45, 7) is -0.0156. The highest BCUT2D eigenvalue weighted by molar-refractivity contribution is 8.33. The summed E-state index contributed by atoms with van der Waals surface area (Å²) in [7, 11) is -2.61. The van der Waals surface area contributed by atoms with Crippen LogP contribution in [0.5, 0.6) is 0 Å². The van der Waals surface area contributed by atoms with Gasteiger partial charge in [0.1, 0.15) is 0 Å². The first kappa shape index (κ1) is 12.7. The van der Waals surface area contributed by atoms with Gasteiger partial charge in [-0.25, -0.2) is 13.2 Å². The van der Waals surface area contributed by atoms with Crippen LogP contribution in [-0.4, -0.2) is 27.2 Å². The van der Waals surface area contributed by atoms with E-state index in [2.05, 4.69) is 12.6 Å². The zero-order chi connectivity index (χ0) is 12.5. The van der Waals surface area contributed by atoms with E-state index in [0.717, 1.165) is 5.56 Å². The molecule has 1 aromatic rings. The summed E-state index contributed by atoms with van der Waals surface area (Å²) in [5.41, 5.74) is 0.830. The number of rotatable bonds is 4. The lowest BCUT2D eigenvalue weighted by Gasteiger charge is -2.54. The Hall–Kier alpha value is -0.730. The molecule has 0 saturated carbocycles. The second-order valence-electron chi connectivity index (χ2n) is 3.51. The summed E-state index contributed by atoms with van der Waals surface area (Å²) in [6, 6.07) is 9.11. The summed E-state index contributed by atoms with van der Waals surface area (Å²) >= 11 is 3.77. The van der Waals surface area contributed by atoms with Gasteiger partial charge in [-0.15, -0.1) is 23.2 Å². The van der Waals surface area contributed by atoms with Crippen molar-refractivity contribution in [2.45, 2.75) is 10.0 Å². The van der Waals surface area contributed by atoms with Gasteiger partial charge in [0, 0.05) is 0 Å². The SMILES string of the molecule is O=C(O)C(O)(S)S1(Cc2ccccc2)OCO1. The second-order valence-corrected chi connectivity index (χ2v) is 7.04. The van der Waals surface area contributed by atoms with Crippen LogP contribution in [0.4, 0.5) is 0 Å². The Morgan fingerprint density at radius 3 is 2.41 bits per heavy atom. The number of aliphatic hydroxyl groups is 1. The van der Waals surface area contributed by atoms with E-state index < -0.39 is 20.8 Å². The second kappa shape index (κ2) is 4.51. The van der Waals surface area contributed by atoms with Crippen molar-refractivity contribution in [3.63, 3.8) is 0 Å². The van der Waals surface area contributed by atoms with E-state index in [1.807, 2.05) is 30.3 Å². The van der Waals surface area contributed by atoms with Crippen LogP contribution in [0, 0.1) is 0 Å². The van der Waals surface area contributed by atoms with Crippen molar-refractivity contribution in [1.29, 1.82) is 0 Å². The van der Waals surface area contributed by atoms with Gasteiger partial charge >= 0.3 is 5.97 Å². The highest BCUT2D eigenvalue weighted by Gasteiger charge is 2.54. The maximum atomic E-state index is 11.0. The fourth-order valence-electron chi connectivity index (χ4n) is 1.44. The van der Waals surface area contributed by atoms with Crippen LogP contribution in [0.3, 0.4) is 0 Å². The van der Waals surface area contributed by atoms with Crippen LogP contribution in [0.25, 0.3) is 0 Å². The van der Waals surface area contributed by atoms with Crippen LogP contribution >= 0.6 is 23.2 Å². The van der Waals surface area contributed by atoms with Gasteiger partial charge in [0.25, 0.3) is 4.27 Å². The molecule has 1 saturated heterocycles. The summed E-state index contributed by atoms with van der Waals surface area (Å²) in [4.78, 5) is 11.0. The van der Waals surface area contributed by atoms with Crippen molar-refractivity contribution in [2.75, 3.05) is 6.79 Å². The molecule has 1 aliphatic heterocycles. The molecule has 1 aromatic carbocycles. The molecule has 2 N–H and O–H groups in total. The molecule has 0 radical (unpaired) electrons. The summed E-state index contributed by atoms with van der Waals surface area (Å²) < 4.78 is 8.10. The third-order valence-electron chi connectivity index (χ3n) is 2.39. The van der Waals surface area contributed by atoms with E-state index in [0.29, 0.717) is 0 Å². The Labute approximate surface area is 105 Å². The van der Waals surface area contributed by atoms with Gasteiger partial charge in [0.15, 0.2) is 6.79 Å². The molecule has 5 nitrogen and oxygen atoms in total. The number of carboxylic acid groups (broad SMARTS) is 1. The van der Waals surface area contributed by atoms with Gasteiger partial charge in [-0.05, 0) is 5.56 Å². The van der Waals surface area contributed by atoms with Crippen molar-refractivity contribution >= 4 is 29.2 Å². The van der Waals surface area contributed by atoms with E-state index in [1.165, 1.54) is 0 Å². The van der Waals surface area contributed by atoms with E-state index in [9.17, 15) is 9.90 Å². The molecule has 1 heterocycles. The van der Waals surface area contributed by atoms with Crippen molar-refractivity contribution in [3.05, 3.63) is 35.9 Å². The number of carboxylic acids is 1. The van der Waals surface area contributed by atoms with Gasteiger partial charge < -0.3 is 10.2 Å². The number of hydrogen-bond donors (Lipinski definition) is 3. The third-order valence-corrected chi connectivity index (χ3v) is 6.12.